The monoisotopic (exact) mass is 406 g/mol. The van der Waals surface area contributed by atoms with Gasteiger partial charge in [-0.05, 0) is 42.7 Å². The van der Waals surface area contributed by atoms with Crippen LogP contribution < -0.4 is 0 Å². The number of benzene rings is 1. The van der Waals surface area contributed by atoms with Gasteiger partial charge in [-0.25, -0.2) is 0 Å². The lowest BCUT2D eigenvalue weighted by Crippen LogP contribution is -2.28. The van der Waals surface area contributed by atoms with Gasteiger partial charge >= 0.3 is 5.97 Å². The summed E-state index contributed by atoms with van der Waals surface area (Å²) in [6, 6.07) is 6.33. The standard InChI is InChI=1S/C21H18N4O5/c22-11-12-7-15(10-16(26)8-12)21-23-20(24-30-21)14-1-2-17-13(9-14)5-6-25(17)18(27)3-4-19(28)29/h1-2,7-8,10,14,26H,3-6,9H2,(H,28,29). The predicted octanol–water partition coefficient (Wildman–Crippen LogP) is 2.71. The molecule has 1 aromatic carbocycles. The number of nitriles is 1. The second-order valence-corrected chi connectivity index (χ2v) is 7.19. The van der Waals surface area contributed by atoms with Crippen LogP contribution >= 0.6 is 0 Å². The quantitative estimate of drug-likeness (QED) is 0.772. The number of hydrogen-bond donors (Lipinski definition) is 2. The molecule has 1 unspecified atom stereocenters. The number of carbonyl (C=O) groups is 2. The number of phenolic OH excluding ortho intramolecular Hbond substituents is 1. The molecule has 0 saturated heterocycles. The minimum atomic E-state index is -0.988. The molecule has 0 bridgehead atoms. The number of phenols is 1. The molecule has 2 heterocycles. The van der Waals surface area contributed by atoms with E-state index in [0.29, 0.717) is 24.4 Å². The third-order valence-electron chi connectivity index (χ3n) is 5.16. The van der Waals surface area contributed by atoms with Crippen molar-refractivity contribution in [3.63, 3.8) is 0 Å². The van der Waals surface area contributed by atoms with Crippen LogP contribution in [0, 0.1) is 11.3 Å². The lowest BCUT2D eigenvalue weighted by molar-refractivity contribution is -0.140. The third-order valence-corrected chi connectivity index (χ3v) is 5.16. The Bertz CT molecular complexity index is 1120. The molecule has 1 atom stereocenters. The molecule has 1 aliphatic heterocycles. The Balaban J connectivity index is 1.49. The summed E-state index contributed by atoms with van der Waals surface area (Å²) in [6.45, 7) is 0.540. The van der Waals surface area contributed by atoms with E-state index >= 15 is 0 Å². The van der Waals surface area contributed by atoms with E-state index in [1.807, 2.05) is 18.2 Å². The van der Waals surface area contributed by atoms with Crippen molar-refractivity contribution in [1.29, 1.82) is 5.26 Å². The molecule has 0 fully saturated rings. The van der Waals surface area contributed by atoms with E-state index in [0.717, 1.165) is 17.7 Å². The van der Waals surface area contributed by atoms with Gasteiger partial charge in [-0.3, -0.25) is 9.59 Å². The van der Waals surface area contributed by atoms with Gasteiger partial charge in [-0.15, -0.1) is 0 Å². The van der Waals surface area contributed by atoms with E-state index in [4.69, 9.17) is 14.9 Å². The van der Waals surface area contributed by atoms with Crippen molar-refractivity contribution >= 4 is 11.9 Å². The van der Waals surface area contributed by atoms with Crippen molar-refractivity contribution in [2.45, 2.75) is 31.6 Å². The summed E-state index contributed by atoms with van der Waals surface area (Å²) >= 11 is 0. The summed E-state index contributed by atoms with van der Waals surface area (Å²) < 4.78 is 5.33. The zero-order valence-corrected chi connectivity index (χ0v) is 15.9. The Morgan fingerprint density at radius 2 is 2.13 bits per heavy atom. The van der Waals surface area contributed by atoms with Crippen LogP contribution in [-0.4, -0.2) is 43.7 Å². The number of nitrogens with zero attached hydrogens (tertiary/aromatic N) is 4. The Hall–Kier alpha value is -3.93. The summed E-state index contributed by atoms with van der Waals surface area (Å²) in [5.41, 5.74) is 2.68. The number of carboxylic acid groups (broad SMARTS) is 1. The normalized spacial score (nSPS) is 17.7. The van der Waals surface area contributed by atoms with Crippen molar-refractivity contribution in [3.8, 4) is 23.3 Å². The van der Waals surface area contributed by atoms with Gasteiger partial charge in [-0.2, -0.15) is 10.2 Å². The molecular weight excluding hydrogens is 388 g/mol. The van der Waals surface area contributed by atoms with Crippen LogP contribution in [0.25, 0.3) is 11.5 Å². The molecule has 0 spiro atoms. The first-order valence-electron chi connectivity index (χ1n) is 9.45. The van der Waals surface area contributed by atoms with E-state index in [-0.39, 0.29) is 41.9 Å². The number of aromatic nitrogens is 2. The molecule has 0 radical (unpaired) electrons. The third kappa shape index (κ3) is 3.80. The number of rotatable bonds is 5. The van der Waals surface area contributed by atoms with Gasteiger partial charge in [0.2, 0.25) is 5.91 Å². The Labute approximate surface area is 171 Å². The fourth-order valence-electron chi connectivity index (χ4n) is 3.73. The van der Waals surface area contributed by atoms with Crippen LogP contribution in [0.5, 0.6) is 5.75 Å². The average Bonchev–Trinajstić information content (AvgIpc) is 3.38. The van der Waals surface area contributed by atoms with Gasteiger partial charge in [0.05, 0.1) is 18.1 Å². The number of aromatic hydroxyl groups is 1. The zero-order chi connectivity index (χ0) is 21.3. The maximum Gasteiger partial charge on any atom is 0.303 e. The van der Waals surface area contributed by atoms with Gasteiger partial charge in [0.15, 0.2) is 5.82 Å². The van der Waals surface area contributed by atoms with E-state index < -0.39 is 5.97 Å². The van der Waals surface area contributed by atoms with E-state index in [1.165, 1.54) is 12.1 Å². The molecule has 1 aliphatic carbocycles. The number of carbonyl (C=O) groups excluding carboxylic acids is 1. The summed E-state index contributed by atoms with van der Waals surface area (Å²) in [7, 11) is 0. The molecular formula is C21H18N4O5. The predicted molar refractivity (Wildman–Crippen MR) is 103 cm³/mol. The van der Waals surface area contributed by atoms with E-state index in [9.17, 15) is 14.7 Å². The maximum atomic E-state index is 12.3. The van der Waals surface area contributed by atoms with Crippen molar-refractivity contribution in [1.82, 2.24) is 15.0 Å². The lowest BCUT2D eigenvalue weighted by atomic mass is 9.92. The first-order chi connectivity index (χ1) is 14.4. The molecule has 1 amide bonds. The van der Waals surface area contributed by atoms with Gasteiger partial charge in [0.1, 0.15) is 5.75 Å². The summed E-state index contributed by atoms with van der Waals surface area (Å²) in [4.78, 5) is 29.1. The Kier molecular flexibility index (Phi) is 5.06. The van der Waals surface area contributed by atoms with Crippen molar-refractivity contribution < 1.29 is 24.3 Å². The number of aliphatic carboxylic acids is 1. The molecule has 0 saturated carbocycles. The molecule has 2 aliphatic rings. The van der Waals surface area contributed by atoms with Crippen LogP contribution in [0.1, 0.15) is 43.0 Å². The number of carboxylic acids is 1. The Morgan fingerprint density at radius 3 is 2.90 bits per heavy atom. The van der Waals surface area contributed by atoms with Gasteiger partial charge in [0, 0.05) is 30.1 Å². The van der Waals surface area contributed by atoms with Crippen molar-refractivity contribution in [2.24, 2.45) is 0 Å². The summed E-state index contributed by atoms with van der Waals surface area (Å²) in [6.07, 6.45) is 4.91. The maximum absolute atomic E-state index is 12.3. The molecule has 30 heavy (non-hydrogen) atoms. The molecule has 1 aromatic heterocycles. The van der Waals surface area contributed by atoms with Crippen LogP contribution in [0.3, 0.4) is 0 Å². The smallest absolute Gasteiger partial charge is 0.303 e. The molecule has 4 rings (SSSR count). The SMILES string of the molecule is N#Cc1cc(O)cc(-c2nc(C3C=CC4=C(CCN4C(=O)CCC(=O)O)C3)no2)c1. The molecule has 2 aromatic rings. The number of amides is 1. The van der Waals surface area contributed by atoms with Gasteiger partial charge in [-0.1, -0.05) is 11.2 Å². The van der Waals surface area contributed by atoms with Gasteiger partial charge < -0.3 is 19.6 Å². The highest BCUT2D eigenvalue weighted by Gasteiger charge is 2.31. The van der Waals surface area contributed by atoms with E-state index in [1.54, 1.807) is 11.0 Å². The highest BCUT2D eigenvalue weighted by molar-refractivity contribution is 5.83. The molecule has 152 valence electrons. The number of hydrogen-bond acceptors (Lipinski definition) is 7. The molecule has 9 nitrogen and oxygen atoms in total. The van der Waals surface area contributed by atoms with E-state index in [2.05, 4.69) is 10.1 Å². The number of allylic oxidation sites excluding steroid dienone is 2. The summed E-state index contributed by atoms with van der Waals surface area (Å²) in [5, 5.41) is 31.6. The van der Waals surface area contributed by atoms with Crippen LogP contribution in [0.2, 0.25) is 0 Å². The average molecular weight is 406 g/mol. The van der Waals surface area contributed by atoms with Crippen LogP contribution in [0.4, 0.5) is 0 Å². The second kappa shape index (κ2) is 7.83. The highest BCUT2D eigenvalue weighted by Crippen LogP contribution is 2.38. The summed E-state index contributed by atoms with van der Waals surface area (Å²) in [5.74, 6) is -0.673. The van der Waals surface area contributed by atoms with Gasteiger partial charge in [0.25, 0.3) is 5.89 Å². The first-order valence-corrected chi connectivity index (χ1v) is 9.45. The van der Waals surface area contributed by atoms with Crippen LogP contribution in [0.15, 0.2) is 46.1 Å². The Morgan fingerprint density at radius 1 is 1.30 bits per heavy atom. The minimum Gasteiger partial charge on any atom is -0.508 e. The van der Waals surface area contributed by atoms with Crippen LogP contribution in [-0.2, 0) is 9.59 Å². The van der Waals surface area contributed by atoms with Crippen molar-refractivity contribution in [3.05, 3.63) is 53.0 Å². The highest BCUT2D eigenvalue weighted by atomic mass is 16.5. The topological polar surface area (TPSA) is 141 Å². The lowest BCUT2D eigenvalue weighted by Gasteiger charge is -2.21. The largest absolute Gasteiger partial charge is 0.508 e. The zero-order valence-electron chi connectivity index (χ0n) is 15.9. The second-order valence-electron chi connectivity index (χ2n) is 7.19. The molecule has 9 heteroatoms. The molecule has 2 N–H and O–H groups in total. The fourth-order valence-corrected chi connectivity index (χ4v) is 3.73. The van der Waals surface area contributed by atoms with Crippen molar-refractivity contribution in [2.75, 3.05) is 6.54 Å². The minimum absolute atomic E-state index is 0.0216. The first kappa shape index (κ1) is 19.4. The fraction of sp³-hybridized carbons (Fsp3) is 0.286.